The van der Waals surface area contributed by atoms with Crippen LogP contribution >= 0.6 is 7.75 Å². The molecule has 2 aromatic carbocycles. The van der Waals surface area contributed by atoms with E-state index in [0.29, 0.717) is 12.0 Å². The summed E-state index contributed by atoms with van der Waals surface area (Å²) in [6.07, 6.45) is -2.34. The molecule has 1 aliphatic rings. The van der Waals surface area contributed by atoms with Crippen LogP contribution in [0.2, 0.25) is 0 Å². The molecule has 7 atom stereocenters. The molecule has 1 aliphatic heterocycles. The highest BCUT2D eigenvalue weighted by atomic mass is 31.2. The molecule has 1 fully saturated rings. The first-order valence-electron chi connectivity index (χ1n) is 24.4. The van der Waals surface area contributed by atoms with Gasteiger partial charge >= 0.3 is 37.7 Å². The third kappa shape index (κ3) is 15.5. The number of nitrogens with zero attached hydrogens (tertiary/aromatic N) is 4. The van der Waals surface area contributed by atoms with Crippen molar-refractivity contribution in [2.24, 2.45) is 23.7 Å². The van der Waals surface area contributed by atoms with E-state index in [1.54, 1.807) is 64.1 Å². The molecule has 1 unspecified atom stereocenters. The molecule has 0 saturated carbocycles. The lowest BCUT2D eigenvalue weighted by Crippen LogP contribution is -2.47. The summed E-state index contributed by atoms with van der Waals surface area (Å²) in [6.45, 7) is 15.1. The fraction of sp³-hybridized carbons (Fsp3) is 0.529. The highest BCUT2D eigenvalue weighted by Crippen LogP contribution is 2.49. The highest BCUT2D eigenvalue weighted by molar-refractivity contribution is 7.52. The fourth-order valence-electron chi connectivity index (χ4n) is 7.39. The zero-order valence-electron chi connectivity index (χ0n) is 42.8. The van der Waals surface area contributed by atoms with Crippen molar-refractivity contribution in [1.29, 1.82) is 5.26 Å². The Balaban J connectivity index is 1.47. The summed E-state index contributed by atoms with van der Waals surface area (Å²) >= 11 is 0. The van der Waals surface area contributed by atoms with Gasteiger partial charge in [-0.3, -0.25) is 18.9 Å². The number of hydrogen-bond acceptors (Lipinski definition) is 18. The van der Waals surface area contributed by atoms with E-state index in [1.165, 1.54) is 35.7 Å². The number of amides is 1. The fourth-order valence-corrected chi connectivity index (χ4v) is 8.89. The quantitative estimate of drug-likeness (QED) is 0.0320. The number of aromatic nitrogens is 3. The van der Waals surface area contributed by atoms with Crippen molar-refractivity contribution >= 4 is 49.1 Å². The molecule has 3 heterocycles. The normalized spacial score (nSPS) is 19.2. The highest BCUT2D eigenvalue weighted by Gasteiger charge is 2.63. The van der Waals surface area contributed by atoms with Gasteiger partial charge in [0.25, 0.3) is 0 Å². The van der Waals surface area contributed by atoms with Gasteiger partial charge in [-0.05, 0) is 60.6 Å². The minimum absolute atomic E-state index is 0.0321. The van der Waals surface area contributed by atoms with Crippen LogP contribution in [0.25, 0.3) is 5.52 Å². The van der Waals surface area contributed by atoms with Gasteiger partial charge in [0.15, 0.2) is 18.0 Å². The van der Waals surface area contributed by atoms with E-state index < -0.39 is 92.2 Å². The SMILES string of the molecule is CCC(CC)COC(=O)[C@H](C)NP(=O)(OC[C@H]1O[C@@](C#N)(c2ccc3c(N)ncnn23)[C@H](OC(=O)C(C)C)[C@@H]1OC(=O)C(C)C)Oc1ccc(C[C@H](NC(=O)OCc2ccccc2)C(=O)OCCC(C)C)cc1. The second kappa shape index (κ2) is 26.4. The Morgan fingerprint density at radius 2 is 1.52 bits per heavy atom. The molecule has 4 aromatic rings. The summed E-state index contributed by atoms with van der Waals surface area (Å²) in [6, 6.07) is 17.7. The van der Waals surface area contributed by atoms with Gasteiger partial charge in [-0.15, -0.1) is 0 Å². The molecule has 5 rings (SSSR count). The number of carbonyl (C=O) groups is 5. The maximum Gasteiger partial charge on any atom is 0.459 e. The van der Waals surface area contributed by atoms with Crippen molar-refractivity contribution < 1.29 is 66.0 Å². The minimum Gasteiger partial charge on any atom is -0.464 e. The van der Waals surface area contributed by atoms with Crippen molar-refractivity contribution in [3.8, 4) is 11.8 Å². The number of nitrogens with two attached hydrogens (primary N) is 1. The summed E-state index contributed by atoms with van der Waals surface area (Å²) < 4.78 is 63.5. The van der Waals surface area contributed by atoms with Crippen LogP contribution in [-0.4, -0.2) is 94.8 Å². The summed E-state index contributed by atoms with van der Waals surface area (Å²) in [5.41, 5.74) is 5.49. The second-order valence-corrected chi connectivity index (χ2v) is 20.4. The molecular formula is C51H68N7O14P. The number of nitrogens with one attached hydrogen (secondary N) is 2. The van der Waals surface area contributed by atoms with Crippen LogP contribution in [0.3, 0.4) is 0 Å². The molecule has 0 bridgehead atoms. The molecule has 21 nitrogen and oxygen atoms in total. The average Bonchev–Trinajstić information content (AvgIpc) is 3.93. The number of nitriles is 1. The lowest BCUT2D eigenvalue weighted by atomic mass is 9.92. The average molecular weight is 1030 g/mol. The Kier molecular flexibility index (Phi) is 20.7. The van der Waals surface area contributed by atoms with Gasteiger partial charge in [0, 0.05) is 6.42 Å². The monoisotopic (exact) mass is 1030 g/mol. The van der Waals surface area contributed by atoms with Crippen LogP contribution in [0.15, 0.2) is 73.1 Å². The van der Waals surface area contributed by atoms with Gasteiger partial charge in [-0.2, -0.15) is 15.4 Å². The summed E-state index contributed by atoms with van der Waals surface area (Å²) in [7, 11) is -4.75. The zero-order chi connectivity index (χ0) is 53.5. The maximum absolute atomic E-state index is 15.1. The predicted octanol–water partition coefficient (Wildman–Crippen LogP) is 7.15. The van der Waals surface area contributed by atoms with Gasteiger partial charge in [-0.1, -0.05) is 111 Å². The number of nitrogen functional groups attached to an aromatic ring is 1. The predicted molar refractivity (Wildman–Crippen MR) is 265 cm³/mol. The number of carbonyl (C=O) groups excluding carboxylic acids is 5. The molecule has 0 radical (unpaired) electrons. The van der Waals surface area contributed by atoms with E-state index in [9.17, 15) is 29.2 Å². The van der Waals surface area contributed by atoms with Crippen molar-refractivity contribution in [3.63, 3.8) is 0 Å². The molecule has 4 N–H and O–H groups in total. The van der Waals surface area contributed by atoms with Crippen molar-refractivity contribution in [2.45, 2.75) is 131 Å². The molecular weight excluding hydrogens is 966 g/mol. The van der Waals surface area contributed by atoms with Crippen LogP contribution in [0, 0.1) is 35.0 Å². The maximum atomic E-state index is 15.1. The topological polar surface area (TPSA) is 280 Å². The Morgan fingerprint density at radius 3 is 2.15 bits per heavy atom. The molecule has 396 valence electrons. The van der Waals surface area contributed by atoms with Crippen molar-refractivity contribution in [1.82, 2.24) is 25.0 Å². The third-order valence-corrected chi connectivity index (χ3v) is 13.6. The first-order valence-corrected chi connectivity index (χ1v) is 26.0. The van der Waals surface area contributed by atoms with E-state index >= 15 is 4.57 Å². The standard InChI is InChI=1S/C51H68N7O14P/c1-10-35(11-2)26-66-48(61)34(9)57-73(64,72-38-19-17-36(18-20-38)25-39(49(62)65-24-23-31(3)4)56-50(63)67-27-37-15-13-12-14-16-37)68-28-41-43(69-46(59)32(5)6)44(70-47(60)33(7)8)51(29-52,71-41)42-22-21-40-45(53)54-30-55-58(40)42/h12-22,30-35,39,41,43-44H,10-11,23-28H2,1-9H3,(H,56,63)(H,57,64)(H2,53,54,55)/t34-,39-,41+,43+,44+,51-,73?/m0/s1. The molecule has 73 heavy (non-hydrogen) atoms. The van der Waals surface area contributed by atoms with Crippen LogP contribution in [-0.2, 0) is 75.3 Å². The van der Waals surface area contributed by atoms with Crippen LogP contribution < -0.4 is 20.7 Å². The second-order valence-electron chi connectivity index (χ2n) is 18.7. The van der Waals surface area contributed by atoms with Crippen molar-refractivity contribution in [2.75, 3.05) is 25.6 Å². The van der Waals surface area contributed by atoms with Crippen molar-refractivity contribution in [3.05, 3.63) is 89.9 Å². The minimum atomic E-state index is -4.75. The number of benzene rings is 2. The molecule has 22 heteroatoms. The smallest absolute Gasteiger partial charge is 0.459 e. The first-order chi connectivity index (χ1) is 34.7. The molecule has 1 amide bonds. The van der Waals surface area contributed by atoms with E-state index in [-0.39, 0.29) is 60.9 Å². The summed E-state index contributed by atoms with van der Waals surface area (Å²) in [4.78, 5) is 70.6. The number of hydrogen-bond donors (Lipinski definition) is 3. The Hall–Kier alpha value is -6.59. The van der Waals surface area contributed by atoms with Crippen LogP contribution in [0.1, 0.15) is 98.4 Å². The van der Waals surface area contributed by atoms with Crippen LogP contribution in [0.4, 0.5) is 10.6 Å². The molecule has 1 saturated heterocycles. The Bertz CT molecular complexity index is 2580. The number of alkyl carbamates (subject to hydrolysis) is 1. The summed E-state index contributed by atoms with van der Waals surface area (Å²) in [5.74, 6) is -4.01. The number of esters is 4. The van der Waals surface area contributed by atoms with E-state index in [4.69, 9.17) is 43.2 Å². The number of rotatable bonds is 26. The van der Waals surface area contributed by atoms with Gasteiger partial charge in [0.2, 0.25) is 5.60 Å². The van der Waals surface area contributed by atoms with Gasteiger partial charge < -0.3 is 44.0 Å². The van der Waals surface area contributed by atoms with Gasteiger partial charge in [0.1, 0.15) is 48.5 Å². The Labute approximate surface area is 425 Å². The first kappa shape index (κ1) is 57.3. The molecule has 0 aliphatic carbocycles. The van der Waals surface area contributed by atoms with E-state index in [0.717, 1.165) is 24.7 Å². The largest absolute Gasteiger partial charge is 0.464 e. The number of fused-ring (bicyclic) bond motifs is 1. The van der Waals surface area contributed by atoms with Gasteiger partial charge in [-0.25, -0.2) is 23.7 Å². The van der Waals surface area contributed by atoms with Gasteiger partial charge in [0.05, 0.1) is 37.4 Å². The van der Waals surface area contributed by atoms with E-state index in [1.807, 2.05) is 33.8 Å². The molecule has 0 spiro atoms. The Morgan fingerprint density at radius 1 is 0.849 bits per heavy atom. The molecule has 2 aromatic heterocycles. The van der Waals surface area contributed by atoms with E-state index in [2.05, 4.69) is 26.6 Å². The zero-order valence-corrected chi connectivity index (χ0v) is 43.7. The lowest BCUT2D eigenvalue weighted by molar-refractivity contribution is -0.173. The van der Waals surface area contributed by atoms with Crippen LogP contribution in [0.5, 0.6) is 5.75 Å². The number of anilines is 1. The lowest BCUT2D eigenvalue weighted by Gasteiger charge is -2.29. The number of ether oxygens (including phenoxy) is 6. The summed E-state index contributed by atoms with van der Waals surface area (Å²) in [5, 5.41) is 20.6. The third-order valence-electron chi connectivity index (χ3n) is 11.9.